The molecular formula is C17H21ClN6O. The van der Waals surface area contributed by atoms with E-state index >= 15 is 0 Å². The largest absolute Gasteiger partial charge is 0.370 e. The van der Waals surface area contributed by atoms with Crippen molar-refractivity contribution in [1.82, 2.24) is 15.5 Å². The third kappa shape index (κ3) is 5.22. The molecule has 0 atom stereocenters. The summed E-state index contributed by atoms with van der Waals surface area (Å²) >= 11 is 5.88. The first kappa shape index (κ1) is 17.3. The SMILES string of the molecule is O=C(NCCNc1cc(N2CCCC2)cnn1)Nc1cccc(Cl)c1. The van der Waals surface area contributed by atoms with Crippen molar-refractivity contribution in [1.29, 1.82) is 0 Å². The second-order valence-corrected chi connectivity index (χ2v) is 6.25. The van der Waals surface area contributed by atoms with E-state index in [-0.39, 0.29) is 6.03 Å². The molecule has 1 saturated heterocycles. The first-order chi connectivity index (χ1) is 12.2. The van der Waals surface area contributed by atoms with E-state index in [1.807, 2.05) is 6.07 Å². The first-order valence-corrected chi connectivity index (χ1v) is 8.70. The van der Waals surface area contributed by atoms with Crippen LogP contribution in [0.5, 0.6) is 0 Å². The topological polar surface area (TPSA) is 82.2 Å². The van der Waals surface area contributed by atoms with Crippen LogP contribution < -0.4 is 20.9 Å². The maximum atomic E-state index is 11.8. The van der Waals surface area contributed by atoms with Gasteiger partial charge in [-0.15, -0.1) is 5.10 Å². The minimum atomic E-state index is -0.277. The van der Waals surface area contributed by atoms with Crippen LogP contribution in [0.15, 0.2) is 36.5 Å². The highest BCUT2D eigenvalue weighted by Crippen LogP contribution is 2.20. The number of anilines is 3. The van der Waals surface area contributed by atoms with Gasteiger partial charge in [0.05, 0.1) is 11.9 Å². The lowest BCUT2D eigenvalue weighted by atomic mass is 10.3. The molecular weight excluding hydrogens is 340 g/mol. The van der Waals surface area contributed by atoms with Gasteiger partial charge in [0.2, 0.25) is 0 Å². The molecule has 1 aliphatic rings. The number of urea groups is 1. The lowest BCUT2D eigenvalue weighted by Gasteiger charge is -2.17. The third-order valence-corrected chi connectivity index (χ3v) is 4.15. The Balaban J connectivity index is 1.41. The Morgan fingerprint density at radius 1 is 1.20 bits per heavy atom. The number of amides is 2. The molecule has 1 aromatic carbocycles. The fourth-order valence-corrected chi connectivity index (χ4v) is 2.89. The second-order valence-electron chi connectivity index (χ2n) is 5.81. The van der Waals surface area contributed by atoms with Gasteiger partial charge in [0.25, 0.3) is 0 Å². The quantitative estimate of drug-likeness (QED) is 0.690. The Bertz CT molecular complexity index is 720. The molecule has 1 fully saturated rings. The molecule has 0 radical (unpaired) electrons. The molecule has 0 aliphatic carbocycles. The summed E-state index contributed by atoms with van der Waals surface area (Å²) in [5, 5.41) is 17.4. The van der Waals surface area contributed by atoms with Crippen molar-refractivity contribution in [2.24, 2.45) is 0 Å². The molecule has 0 bridgehead atoms. The molecule has 2 aromatic rings. The standard InChI is InChI=1S/C17H21ClN6O/c18-13-4-3-5-14(10-13)22-17(25)20-7-6-19-16-11-15(12-21-23-16)24-8-1-2-9-24/h3-5,10-12H,1-2,6-9H2,(H,19,23)(H2,20,22,25). The maximum absolute atomic E-state index is 11.8. The smallest absolute Gasteiger partial charge is 0.319 e. The number of nitrogens with zero attached hydrogens (tertiary/aromatic N) is 3. The summed E-state index contributed by atoms with van der Waals surface area (Å²) < 4.78 is 0. The molecule has 0 spiro atoms. The molecule has 2 amide bonds. The van der Waals surface area contributed by atoms with Crippen molar-refractivity contribution in [2.45, 2.75) is 12.8 Å². The number of halogens is 1. The van der Waals surface area contributed by atoms with Gasteiger partial charge >= 0.3 is 6.03 Å². The predicted molar refractivity (Wildman–Crippen MR) is 100 cm³/mol. The zero-order valence-corrected chi connectivity index (χ0v) is 14.6. The van der Waals surface area contributed by atoms with Crippen LogP contribution in [0.1, 0.15) is 12.8 Å². The van der Waals surface area contributed by atoms with Crippen molar-refractivity contribution >= 4 is 34.8 Å². The van der Waals surface area contributed by atoms with Gasteiger partial charge in [-0.3, -0.25) is 0 Å². The van der Waals surface area contributed by atoms with Crippen LogP contribution in [0.25, 0.3) is 0 Å². The molecule has 1 aromatic heterocycles. The molecule has 132 valence electrons. The summed E-state index contributed by atoms with van der Waals surface area (Å²) in [5.41, 5.74) is 1.74. The van der Waals surface area contributed by atoms with Gasteiger partial charge < -0.3 is 20.9 Å². The monoisotopic (exact) mass is 360 g/mol. The van der Waals surface area contributed by atoms with E-state index in [2.05, 4.69) is 31.0 Å². The van der Waals surface area contributed by atoms with Gasteiger partial charge in [-0.25, -0.2) is 4.79 Å². The van der Waals surface area contributed by atoms with E-state index < -0.39 is 0 Å². The van der Waals surface area contributed by atoms with Crippen molar-refractivity contribution in [3.8, 4) is 0 Å². The summed E-state index contributed by atoms with van der Waals surface area (Å²) in [6, 6.07) is 8.73. The fourth-order valence-electron chi connectivity index (χ4n) is 2.70. The average Bonchev–Trinajstić information content (AvgIpc) is 3.14. The molecule has 2 heterocycles. The van der Waals surface area contributed by atoms with Gasteiger partial charge in [0, 0.05) is 43.0 Å². The Labute approximate surface area is 151 Å². The summed E-state index contributed by atoms with van der Waals surface area (Å²) in [6.07, 6.45) is 4.22. The van der Waals surface area contributed by atoms with Crippen molar-refractivity contribution < 1.29 is 4.79 Å². The van der Waals surface area contributed by atoms with Gasteiger partial charge in [0.1, 0.15) is 0 Å². The maximum Gasteiger partial charge on any atom is 0.319 e. The lowest BCUT2D eigenvalue weighted by molar-refractivity contribution is 0.252. The Morgan fingerprint density at radius 2 is 2.04 bits per heavy atom. The highest BCUT2D eigenvalue weighted by atomic mass is 35.5. The Morgan fingerprint density at radius 3 is 2.84 bits per heavy atom. The lowest BCUT2D eigenvalue weighted by Crippen LogP contribution is -2.32. The van der Waals surface area contributed by atoms with E-state index in [0.29, 0.717) is 29.6 Å². The van der Waals surface area contributed by atoms with Gasteiger partial charge in [-0.1, -0.05) is 17.7 Å². The van der Waals surface area contributed by atoms with Crippen molar-refractivity contribution in [3.05, 3.63) is 41.6 Å². The molecule has 0 unspecified atom stereocenters. The minimum Gasteiger partial charge on any atom is -0.370 e. The van der Waals surface area contributed by atoms with Crippen molar-refractivity contribution in [3.63, 3.8) is 0 Å². The van der Waals surface area contributed by atoms with Gasteiger partial charge in [-0.05, 0) is 31.0 Å². The number of nitrogens with one attached hydrogen (secondary N) is 3. The zero-order valence-electron chi connectivity index (χ0n) is 13.8. The number of hydrogen-bond acceptors (Lipinski definition) is 5. The van der Waals surface area contributed by atoms with Crippen LogP contribution in [-0.2, 0) is 0 Å². The highest BCUT2D eigenvalue weighted by Gasteiger charge is 2.13. The van der Waals surface area contributed by atoms with Crippen LogP contribution in [0.4, 0.5) is 22.0 Å². The number of benzene rings is 1. The Hall–Kier alpha value is -2.54. The summed E-state index contributed by atoms with van der Waals surface area (Å²) in [5.74, 6) is 0.710. The second kappa shape index (κ2) is 8.53. The van der Waals surface area contributed by atoms with E-state index in [0.717, 1.165) is 18.8 Å². The van der Waals surface area contributed by atoms with Crippen LogP contribution in [0, 0.1) is 0 Å². The summed E-state index contributed by atoms with van der Waals surface area (Å²) in [4.78, 5) is 14.1. The van der Waals surface area contributed by atoms with E-state index in [1.165, 1.54) is 12.8 Å². The first-order valence-electron chi connectivity index (χ1n) is 8.33. The molecule has 8 heteroatoms. The van der Waals surface area contributed by atoms with Crippen LogP contribution in [0.2, 0.25) is 5.02 Å². The summed E-state index contributed by atoms with van der Waals surface area (Å²) in [7, 11) is 0. The number of hydrogen-bond donors (Lipinski definition) is 3. The molecule has 0 saturated carbocycles. The van der Waals surface area contributed by atoms with E-state index in [9.17, 15) is 4.79 Å². The van der Waals surface area contributed by atoms with Crippen LogP contribution in [0.3, 0.4) is 0 Å². The normalized spacial score (nSPS) is 13.6. The molecule has 3 N–H and O–H groups in total. The number of carbonyl (C=O) groups excluding carboxylic acids is 1. The zero-order chi connectivity index (χ0) is 17.5. The molecule has 7 nitrogen and oxygen atoms in total. The third-order valence-electron chi connectivity index (χ3n) is 3.91. The number of rotatable bonds is 6. The van der Waals surface area contributed by atoms with Gasteiger partial charge in [0.15, 0.2) is 5.82 Å². The summed E-state index contributed by atoms with van der Waals surface area (Å²) in [6.45, 7) is 3.15. The van der Waals surface area contributed by atoms with Crippen LogP contribution in [-0.4, -0.2) is 42.4 Å². The van der Waals surface area contributed by atoms with Gasteiger partial charge in [-0.2, -0.15) is 5.10 Å². The fraction of sp³-hybridized carbons (Fsp3) is 0.353. The molecule has 1 aliphatic heterocycles. The molecule has 3 rings (SSSR count). The van der Waals surface area contributed by atoms with Crippen molar-refractivity contribution in [2.75, 3.05) is 41.7 Å². The number of carbonyl (C=O) groups is 1. The Kier molecular flexibility index (Phi) is 5.90. The highest BCUT2D eigenvalue weighted by molar-refractivity contribution is 6.30. The average molecular weight is 361 g/mol. The van der Waals surface area contributed by atoms with Crippen LogP contribution >= 0.6 is 11.6 Å². The number of aromatic nitrogens is 2. The molecule has 25 heavy (non-hydrogen) atoms. The van der Waals surface area contributed by atoms with E-state index in [4.69, 9.17) is 11.6 Å². The predicted octanol–water partition coefficient (Wildman–Crippen LogP) is 2.96. The minimum absolute atomic E-state index is 0.277. The van der Waals surface area contributed by atoms with E-state index in [1.54, 1.807) is 30.5 Å².